The fourth-order valence-corrected chi connectivity index (χ4v) is 1.92. The van der Waals surface area contributed by atoms with Crippen molar-refractivity contribution in [3.63, 3.8) is 0 Å². The average Bonchev–Trinajstić information content (AvgIpc) is 1.79. The van der Waals surface area contributed by atoms with Gasteiger partial charge in [0.2, 0.25) is 5.92 Å². The zero-order chi connectivity index (χ0) is 8.91. The molecule has 0 saturated heterocycles. The van der Waals surface area contributed by atoms with Crippen molar-refractivity contribution in [1.82, 2.24) is 0 Å². The lowest BCUT2D eigenvalue weighted by Crippen LogP contribution is -2.16. The van der Waals surface area contributed by atoms with Crippen LogP contribution in [0.1, 0.15) is 26.2 Å². The summed E-state index contributed by atoms with van der Waals surface area (Å²) in [6.45, 7) is 4.50. The number of hydrogen-bond donors (Lipinski definition) is 0. The standard InChI is InChI=1S/C8H13F2I/c1-3-4-5-7(11)6-8(2,9)10/h3,7H,1,4-6H2,2H3. The molecule has 0 amide bonds. The molecule has 0 aliphatic heterocycles. The lowest BCUT2D eigenvalue weighted by Gasteiger charge is -2.14. The van der Waals surface area contributed by atoms with Crippen molar-refractivity contribution >= 4 is 22.6 Å². The number of alkyl halides is 3. The Labute approximate surface area is 80.2 Å². The molecule has 0 fully saturated rings. The van der Waals surface area contributed by atoms with E-state index in [4.69, 9.17) is 0 Å². The highest BCUT2D eigenvalue weighted by molar-refractivity contribution is 14.1. The van der Waals surface area contributed by atoms with Gasteiger partial charge in [0.05, 0.1) is 0 Å². The Kier molecular flexibility index (Phi) is 5.21. The van der Waals surface area contributed by atoms with E-state index < -0.39 is 5.92 Å². The third-order valence-electron chi connectivity index (χ3n) is 1.26. The first-order chi connectivity index (χ1) is 4.95. The van der Waals surface area contributed by atoms with E-state index in [1.54, 1.807) is 6.08 Å². The maximum atomic E-state index is 12.4. The zero-order valence-corrected chi connectivity index (χ0v) is 8.77. The largest absolute Gasteiger partial charge is 0.246 e. The van der Waals surface area contributed by atoms with Crippen molar-refractivity contribution < 1.29 is 8.78 Å². The minimum atomic E-state index is -2.52. The van der Waals surface area contributed by atoms with Crippen LogP contribution in [0.5, 0.6) is 0 Å². The Morgan fingerprint density at radius 3 is 2.55 bits per heavy atom. The summed E-state index contributed by atoms with van der Waals surface area (Å²) >= 11 is 2.06. The number of halogens is 3. The molecule has 0 aliphatic rings. The van der Waals surface area contributed by atoms with Crippen LogP contribution < -0.4 is 0 Å². The van der Waals surface area contributed by atoms with Gasteiger partial charge in [-0.05, 0) is 19.8 Å². The summed E-state index contributed by atoms with van der Waals surface area (Å²) in [7, 11) is 0. The van der Waals surface area contributed by atoms with Gasteiger partial charge in [0.15, 0.2) is 0 Å². The van der Waals surface area contributed by atoms with Crippen molar-refractivity contribution in [2.24, 2.45) is 0 Å². The van der Waals surface area contributed by atoms with Gasteiger partial charge in [0, 0.05) is 10.3 Å². The number of rotatable bonds is 5. The van der Waals surface area contributed by atoms with Gasteiger partial charge >= 0.3 is 0 Å². The fourth-order valence-electron chi connectivity index (χ4n) is 0.790. The summed E-state index contributed by atoms with van der Waals surface area (Å²) < 4.78 is 24.8. The molecule has 0 radical (unpaired) electrons. The second kappa shape index (κ2) is 5.06. The molecule has 0 aromatic carbocycles. The number of hydrogen-bond acceptors (Lipinski definition) is 0. The molecule has 0 aromatic rings. The van der Waals surface area contributed by atoms with Gasteiger partial charge in [-0.25, -0.2) is 8.78 Å². The topological polar surface area (TPSA) is 0 Å². The van der Waals surface area contributed by atoms with Gasteiger partial charge in [0.1, 0.15) is 0 Å². The third-order valence-corrected chi connectivity index (χ3v) is 2.33. The molecule has 0 nitrogen and oxygen atoms in total. The van der Waals surface area contributed by atoms with Crippen LogP contribution in [0.15, 0.2) is 12.7 Å². The van der Waals surface area contributed by atoms with Crippen LogP contribution in [-0.2, 0) is 0 Å². The summed E-state index contributed by atoms with van der Waals surface area (Å²) in [5, 5.41) is 0. The molecule has 1 atom stereocenters. The molecule has 0 N–H and O–H groups in total. The predicted molar refractivity (Wildman–Crippen MR) is 52.5 cm³/mol. The zero-order valence-electron chi connectivity index (χ0n) is 6.62. The Bertz CT molecular complexity index is 118. The second-order valence-corrected chi connectivity index (χ2v) is 4.50. The molecule has 3 heteroatoms. The van der Waals surface area contributed by atoms with Crippen molar-refractivity contribution in [3.8, 4) is 0 Å². The van der Waals surface area contributed by atoms with E-state index in [1.165, 1.54) is 0 Å². The quantitative estimate of drug-likeness (QED) is 0.406. The Hall–Kier alpha value is 0.330. The van der Waals surface area contributed by atoms with E-state index in [1.807, 2.05) is 0 Å². The van der Waals surface area contributed by atoms with Crippen LogP contribution >= 0.6 is 22.6 Å². The smallest absolute Gasteiger partial charge is 0.207 e. The van der Waals surface area contributed by atoms with E-state index in [-0.39, 0.29) is 10.3 Å². The molecule has 0 spiro atoms. The lowest BCUT2D eigenvalue weighted by atomic mass is 10.1. The summed E-state index contributed by atoms with van der Waals surface area (Å²) in [5.41, 5.74) is 0. The average molecular weight is 274 g/mol. The molecule has 0 saturated carbocycles. The Balaban J connectivity index is 3.51. The normalized spacial score (nSPS) is 14.5. The van der Waals surface area contributed by atoms with E-state index in [2.05, 4.69) is 29.2 Å². The third kappa shape index (κ3) is 8.23. The van der Waals surface area contributed by atoms with Crippen molar-refractivity contribution in [2.45, 2.75) is 36.0 Å². The highest BCUT2D eigenvalue weighted by atomic mass is 127. The van der Waals surface area contributed by atoms with Gasteiger partial charge in [0.25, 0.3) is 0 Å². The van der Waals surface area contributed by atoms with Gasteiger partial charge in [-0.3, -0.25) is 0 Å². The molecular weight excluding hydrogens is 261 g/mol. The van der Waals surface area contributed by atoms with Crippen LogP contribution in [-0.4, -0.2) is 9.85 Å². The van der Waals surface area contributed by atoms with Crippen molar-refractivity contribution in [3.05, 3.63) is 12.7 Å². The van der Waals surface area contributed by atoms with Crippen LogP contribution in [0.4, 0.5) is 8.78 Å². The molecule has 0 bridgehead atoms. The van der Waals surface area contributed by atoms with E-state index >= 15 is 0 Å². The monoisotopic (exact) mass is 274 g/mol. The van der Waals surface area contributed by atoms with Crippen LogP contribution in [0.2, 0.25) is 0 Å². The van der Waals surface area contributed by atoms with Crippen LogP contribution in [0.3, 0.4) is 0 Å². The van der Waals surface area contributed by atoms with Gasteiger partial charge < -0.3 is 0 Å². The highest BCUT2D eigenvalue weighted by Gasteiger charge is 2.24. The number of allylic oxidation sites excluding steroid dienone is 1. The summed E-state index contributed by atoms with van der Waals surface area (Å²) in [5.74, 6) is -2.52. The molecule has 1 unspecified atom stereocenters. The maximum Gasteiger partial charge on any atom is 0.246 e. The Morgan fingerprint density at radius 1 is 1.64 bits per heavy atom. The fraction of sp³-hybridized carbons (Fsp3) is 0.750. The molecule has 0 heterocycles. The summed E-state index contributed by atoms with van der Waals surface area (Å²) in [4.78, 5) is 0. The SMILES string of the molecule is C=CCCC(I)CC(C)(F)F. The van der Waals surface area contributed by atoms with Gasteiger partial charge in [-0.15, -0.1) is 6.58 Å². The highest BCUT2D eigenvalue weighted by Crippen LogP contribution is 2.25. The van der Waals surface area contributed by atoms with E-state index in [9.17, 15) is 8.78 Å². The molecule has 0 aromatic heterocycles. The minimum absolute atomic E-state index is 0.0264. The van der Waals surface area contributed by atoms with Gasteiger partial charge in [-0.1, -0.05) is 28.7 Å². The molecular formula is C8H13F2I. The molecule has 0 rings (SSSR count). The molecule has 66 valence electrons. The van der Waals surface area contributed by atoms with Crippen molar-refractivity contribution in [2.75, 3.05) is 0 Å². The van der Waals surface area contributed by atoms with Crippen LogP contribution in [0.25, 0.3) is 0 Å². The summed E-state index contributed by atoms with van der Waals surface area (Å²) in [6.07, 6.45) is 3.36. The molecule has 0 aliphatic carbocycles. The lowest BCUT2D eigenvalue weighted by molar-refractivity contribution is 0.0134. The second-order valence-electron chi connectivity index (χ2n) is 2.74. The first kappa shape index (κ1) is 11.3. The first-order valence-corrected chi connectivity index (χ1v) is 4.83. The molecule has 11 heavy (non-hydrogen) atoms. The van der Waals surface area contributed by atoms with Gasteiger partial charge in [-0.2, -0.15) is 0 Å². The van der Waals surface area contributed by atoms with Crippen molar-refractivity contribution in [1.29, 1.82) is 0 Å². The summed E-state index contributed by atoms with van der Waals surface area (Å²) in [6, 6.07) is 0. The predicted octanol–water partition coefficient (Wildman–Crippen LogP) is 3.80. The minimum Gasteiger partial charge on any atom is -0.207 e. The Morgan fingerprint density at radius 2 is 2.18 bits per heavy atom. The van der Waals surface area contributed by atoms with Crippen LogP contribution in [0, 0.1) is 0 Å². The van der Waals surface area contributed by atoms with E-state index in [0.29, 0.717) is 0 Å². The van der Waals surface area contributed by atoms with E-state index in [0.717, 1.165) is 19.8 Å². The first-order valence-electron chi connectivity index (χ1n) is 3.58. The maximum absolute atomic E-state index is 12.4.